The zero-order valence-corrected chi connectivity index (χ0v) is 11.6. The van der Waals surface area contributed by atoms with Gasteiger partial charge in [0.25, 0.3) is 0 Å². The maximum absolute atomic E-state index is 11.7. The minimum atomic E-state index is -1.17. The Morgan fingerprint density at radius 2 is 1.68 bits per heavy atom. The highest BCUT2D eigenvalue weighted by molar-refractivity contribution is 5.81. The summed E-state index contributed by atoms with van der Waals surface area (Å²) < 4.78 is 5.00. The van der Waals surface area contributed by atoms with E-state index in [1.165, 1.54) is 12.1 Å². The summed E-state index contributed by atoms with van der Waals surface area (Å²) in [4.78, 5) is 23.0. The van der Waals surface area contributed by atoms with E-state index in [1.807, 2.05) is 0 Å². The molecular formula is C16H15NO5. The van der Waals surface area contributed by atoms with Crippen molar-refractivity contribution in [2.45, 2.75) is 12.5 Å². The Bertz CT molecular complexity index is 639. The molecule has 0 spiro atoms. The first-order valence-electron chi connectivity index (χ1n) is 6.58. The molecule has 1 amide bonds. The quantitative estimate of drug-likeness (QED) is 0.786. The van der Waals surface area contributed by atoms with Crippen LogP contribution in [-0.2, 0) is 11.2 Å². The number of phenolic OH excluding ortho intramolecular Hbond substituents is 1. The van der Waals surface area contributed by atoms with Crippen molar-refractivity contribution < 1.29 is 24.5 Å². The number of rotatable bonds is 5. The maximum Gasteiger partial charge on any atom is 0.413 e. The SMILES string of the molecule is O=C(NC(Cc1ccc(O)cc1)C(=O)O)Oc1ccccc1. The van der Waals surface area contributed by atoms with E-state index in [-0.39, 0.29) is 12.2 Å². The molecule has 1 unspecified atom stereocenters. The number of benzene rings is 2. The van der Waals surface area contributed by atoms with Gasteiger partial charge in [0.2, 0.25) is 0 Å². The van der Waals surface area contributed by atoms with Crippen molar-refractivity contribution in [3.8, 4) is 11.5 Å². The molecule has 6 heteroatoms. The second-order valence-electron chi connectivity index (χ2n) is 4.61. The summed E-state index contributed by atoms with van der Waals surface area (Å²) in [5.74, 6) is -0.751. The van der Waals surface area contributed by atoms with Gasteiger partial charge in [-0.2, -0.15) is 0 Å². The number of aromatic hydroxyl groups is 1. The van der Waals surface area contributed by atoms with E-state index in [0.717, 1.165) is 0 Å². The summed E-state index contributed by atoms with van der Waals surface area (Å²) in [6.07, 6.45) is -0.753. The maximum atomic E-state index is 11.7. The zero-order valence-electron chi connectivity index (χ0n) is 11.6. The Kier molecular flexibility index (Phi) is 4.98. The van der Waals surface area contributed by atoms with E-state index >= 15 is 0 Å². The molecule has 0 radical (unpaired) electrons. The largest absolute Gasteiger partial charge is 0.508 e. The molecule has 22 heavy (non-hydrogen) atoms. The number of carbonyl (C=O) groups excluding carboxylic acids is 1. The number of carboxylic acids is 1. The minimum absolute atomic E-state index is 0.0828. The fraction of sp³-hybridized carbons (Fsp3) is 0.125. The zero-order chi connectivity index (χ0) is 15.9. The van der Waals surface area contributed by atoms with Gasteiger partial charge in [0.1, 0.15) is 17.5 Å². The summed E-state index contributed by atoms with van der Waals surface area (Å²) in [7, 11) is 0. The van der Waals surface area contributed by atoms with Crippen molar-refractivity contribution in [3.63, 3.8) is 0 Å². The van der Waals surface area contributed by atoms with Crippen molar-refractivity contribution in [2.24, 2.45) is 0 Å². The van der Waals surface area contributed by atoms with Gasteiger partial charge >= 0.3 is 12.1 Å². The number of carboxylic acid groups (broad SMARTS) is 1. The molecule has 0 aromatic heterocycles. The van der Waals surface area contributed by atoms with Gasteiger partial charge < -0.3 is 20.3 Å². The van der Waals surface area contributed by atoms with Crippen LogP contribution >= 0.6 is 0 Å². The van der Waals surface area contributed by atoms with Gasteiger partial charge in [0.05, 0.1) is 0 Å². The van der Waals surface area contributed by atoms with Gasteiger partial charge in [-0.15, -0.1) is 0 Å². The van der Waals surface area contributed by atoms with Crippen LogP contribution in [0.1, 0.15) is 5.56 Å². The van der Waals surface area contributed by atoms with Crippen LogP contribution < -0.4 is 10.1 Å². The lowest BCUT2D eigenvalue weighted by Gasteiger charge is -2.14. The van der Waals surface area contributed by atoms with Gasteiger partial charge in [-0.1, -0.05) is 30.3 Å². The summed E-state index contributed by atoms with van der Waals surface area (Å²) in [5.41, 5.74) is 0.671. The highest BCUT2D eigenvalue weighted by Crippen LogP contribution is 2.12. The third-order valence-corrected chi connectivity index (χ3v) is 2.92. The Hall–Kier alpha value is -3.02. The lowest BCUT2D eigenvalue weighted by Crippen LogP contribution is -2.43. The second-order valence-corrected chi connectivity index (χ2v) is 4.61. The van der Waals surface area contributed by atoms with Gasteiger partial charge in [-0.3, -0.25) is 0 Å². The van der Waals surface area contributed by atoms with Gasteiger partial charge in [0.15, 0.2) is 0 Å². The van der Waals surface area contributed by atoms with Crippen molar-refractivity contribution in [1.29, 1.82) is 0 Å². The van der Waals surface area contributed by atoms with E-state index in [1.54, 1.807) is 42.5 Å². The van der Waals surface area contributed by atoms with E-state index < -0.39 is 18.1 Å². The molecule has 2 aromatic rings. The Morgan fingerprint density at radius 1 is 1.05 bits per heavy atom. The first kappa shape index (κ1) is 15.4. The van der Waals surface area contributed by atoms with Gasteiger partial charge in [-0.25, -0.2) is 9.59 Å². The monoisotopic (exact) mass is 301 g/mol. The Labute approximate surface area is 127 Å². The molecule has 0 aliphatic carbocycles. The fourth-order valence-electron chi connectivity index (χ4n) is 1.84. The summed E-state index contributed by atoms with van der Waals surface area (Å²) in [6.45, 7) is 0. The lowest BCUT2D eigenvalue weighted by atomic mass is 10.1. The molecule has 1 atom stereocenters. The molecule has 0 aliphatic heterocycles. The number of amides is 1. The number of aliphatic carboxylic acids is 1. The number of nitrogens with one attached hydrogen (secondary N) is 1. The summed E-state index contributed by atoms with van der Waals surface area (Å²) >= 11 is 0. The van der Waals surface area contributed by atoms with Crippen molar-refractivity contribution in [1.82, 2.24) is 5.32 Å². The molecule has 0 saturated carbocycles. The molecule has 2 rings (SSSR count). The normalized spacial score (nSPS) is 11.5. The molecule has 2 aromatic carbocycles. The minimum Gasteiger partial charge on any atom is -0.508 e. The third-order valence-electron chi connectivity index (χ3n) is 2.92. The molecule has 0 aliphatic rings. The standard InChI is InChI=1S/C16H15NO5/c18-12-8-6-11(7-9-12)10-14(15(19)20)17-16(21)22-13-4-2-1-3-5-13/h1-9,14,18H,10H2,(H,17,21)(H,19,20). The van der Waals surface area contributed by atoms with E-state index in [9.17, 15) is 19.8 Å². The van der Waals surface area contributed by atoms with Crippen LogP contribution in [0.25, 0.3) is 0 Å². The molecule has 0 fully saturated rings. The van der Waals surface area contributed by atoms with Crippen molar-refractivity contribution >= 4 is 12.1 Å². The molecule has 3 N–H and O–H groups in total. The third kappa shape index (κ3) is 4.52. The molecule has 114 valence electrons. The smallest absolute Gasteiger partial charge is 0.413 e. The predicted octanol–water partition coefficient (Wildman–Crippen LogP) is 2.18. The van der Waals surface area contributed by atoms with Crippen molar-refractivity contribution in [2.75, 3.05) is 0 Å². The van der Waals surface area contributed by atoms with E-state index in [0.29, 0.717) is 11.3 Å². The predicted molar refractivity (Wildman–Crippen MR) is 78.8 cm³/mol. The van der Waals surface area contributed by atoms with E-state index in [4.69, 9.17) is 4.74 Å². The first-order valence-corrected chi connectivity index (χ1v) is 6.58. The number of para-hydroxylation sites is 1. The molecule has 0 bridgehead atoms. The van der Waals surface area contributed by atoms with Crippen LogP contribution in [0.4, 0.5) is 4.79 Å². The number of carbonyl (C=O) groups is 2. The lowest BCUT2D eigenvalue weighted by molar-refractivity contribution is -0.139. The Morgan fingerprint density at radius 3 is 2.27 bits per heavy atom. The number of ether oxygens (including phenoxy) is 1. The molecule has 0 heterocycles. The molecular weight excluding hydrogens is 286 g/mol. The number of hydrogen-bond donors (Lipinski definition) is 3. The van der Waals surface area contributed by atoms with E-state index in [2.05, 4.69) is 5.32 Å². The van der Waals surface area contributed by atoms with Crippen LogP contribution in [0.15, 0.2) is 54.6 Å². The molecule has 0 saturated heterocycles. The molecule has 6 nitrogen and oxygen atoms in total. The van der Waals surface area contributed by atoms with Crippen LogP contribution in [0.3, 0.4) is 0 Å². The van der Waals surface area contributed by atoms with Crippen LogP contribution in [-0.4, -0.2) is 28.3 Å². The van der Waals surface area contributed by atoms with Gasteiger partial charge in [0, 0.05) is 6.42 Å². The first-order chi connectivity index (χ1) is 10.5. The van der Waals surface area contributed by atoms with Crippen LogP contribution in [0.5, 0.6) is 11.5 Å². The fourth-order valence-corrected chi connectivity index (χ4v) is 1.84. The second kappa shape index (κ2) is 7.12. The van der Waals surface area contributed by atoms with Crippen molar-refractivity contribution in [3.05, 3.63) is 60.2 Å². The van der Waals surface area contributed by atoms with Crippen LogP contribution in [0.2, 0.25) is 0 Å². The average Bonchev–Trinajstić information content (AvgIpc) is 2.49. The topological polar surface area (TPSA) is 95.9 Å². The summed E-state index contributed by atoms with van der Waals surface area (Å²) in [5, 5.41) is 20.7. The number of phenols is 1. The van der Waals surface area contributed by atoms with Gasteiger partial charge in [-0.05, 0) is 29.8 Å². The number of hydrogen-bond acceptors (Lipinski definition) is 4. The average molecular weight is 301 g/mol. The Balaban J connectivity index is 1.98. The highest BCUT2D eigenvalue weighted by atomic mass is 16.6. The summed E-state index contributed by atoms with van der Waals surface area (Å²) in [6, 6.07) is 13.3. The van der Waals surface area contributed by atoms with Crippen LogP contribution in [0, 0.1) is 0 Å². The highest BCUT2D eigenvalue weighted by Gasteiger charge is 2.21.